The number of unbranched alkanes of at least 4 members (excludes halogenated alkanes) is 2. The number of nitrogens with zero attached hydrogens (tertiary/aromatic N) is 2. The molecule has 0 aromatic heterocycles. The monoisotopic (exact) mass is 287 g/mol. The molecule has 0 radical (unpaired) electrons. The van der Waals surface area contributed by atoms with Crippen molar-refractivity contribution in [3.05, 3.63) is 29.8 Å². The normalized spacial score (nSPS) is 10.6. The van der Waals surface area contributed by atoms with Gasteiger partial charge in [0.25, 0.3) is 0 Å². The fourth-order valence-corrected chi connectivity index (χ4v) is 2.36. The Morgan fingerprint density at radius 2 is 1.62 bits per heavy atom. The molecule has 0 aliphatic heterocycles. The lowest BCUT2D eigenvalue weighted by Crippen LogP contribution is -2.28. The highest BCUT2D eigenvalue weighted by atomic mass is 15.1. The summed E-state index contributed by atoms with van der Waals surface area (Å²) in [6.07, 6.45) is 6.21. The summed E-state index contributed by atoms with van der Waals surface area (Å²) >= 11 is 0. The topological polar surface area (TPSA) is 39.1 Å². The highest BCUT2D eigenvalue weighted by Gasteiger charge is 2.04. The number of hydrogen-bond acceptors (Lipinski definition) is 3. The quantitative estimate of drug-likeness (QED) is 0.618. The molecule has 0 amide bonds. The first kappa shape index (κ1) is 17.5. The average Bonchev–Trinajstić information content (AvgIpc) is 2.53. The van der Waals surface area contributed by atoms with Gasteiger partial charge in [-0.3, -0.25) is 0 Å². The standard InChI is InChI=1S/C18H29N3/c1-3-5-13-21(14-6-4-2)15-9-12-20-18-11-8-7-10-17(18)16-19/h7-8,10-11,20H,3-6,9,12-15H2,1-2H3. The van der Waals surface area contributed by atoms with E-state index in [1.807, 2.05) is 24.3 Å². The molecule has 116 valence electrons. The summed E-state index contributed by atoms with van der Waals surface area (Å²) in [5.41, 5.74) is 1.68. The minimum Gasteiger partial charge on any atom is -0.384 e. The van der Waals surface area contributed by atoms with Crippen LogP contribution >= 0.6 is 0 Å². The van der Waals surface area contributed by atoms with Crippen molar-refractivity contribution in [2.24, 2.45) is 0 Å². The summed E-state index contributed by atoms with van der Waals surface area (Å²) in [5, 5.41) is 12.4. The van der Waals surface area contributed by atoms with Gasteiger partial charge in [0.2, 0.25) is 0 Å². The van der Waals surface area contributed by atoms with Crippen LogP contribution in [0.3, 0.4) is 0 Å². The summed E-state index contributed by atoms with van der Waals surface area (Å²) < 4.78 is 0. The molecule has 0 heterocycles. The Hall–Kier alpha value is -1.53. The number of anilines is 1. The van der Waals surface area contributed by atoms with Crippen LogP contribution in [0.2, 0.25) is 0 Å². The lowest BCUT2D eigenvalue weighted by molar-refractivity contribution is 0.264. The smallest absolute Gasteiger partial charge is 0.101 e. The van der Waals surface area contributed by atoms with Gasteiger partial charge in [-0.1, -0.05) is 38.8 Å². The fourth-order valence-electron chi connectivity index (χ4n) is 2.36. The van der Waals surface area contributed by atoms with E-state index in [9.17, 15) is 0 Å². The number of nitrogens with one attached hydrogen (secondary N) is 1. The van der Waals surface area contributed by atoms with Crippen LogP contribution in [0.4, 0.5) is 5.69 Å². The first-order valence-corrected chi connectivity index (χ1v) is 8.27. The van der Waals surface area contributed by atoms with Crippen LogP contribution in [0, 0.1) is 11.3 Å². The zero-order valence-corrected chi connectivity index (χ0v) is 13.6. The minimum absolute atomic E-state index is 0.728. The molecular formula is C18H29N3. The molecule has 0 saturated heterocycles. The zero-order chi connectivity index (χ0) is 15.3. The van der Waals surface area contributed by atoms with Gasteiger partial charge in [0.1, 0.15) is 6.07 Å². The molecule has 0 saturated carbocycles. The van der Waals surface area contributed by atoms with E-state index in [0.29, 0.717) is 0 Å². The van der Waals surface area contributed by atoms with Gasteiger partial charge in [0, 0.05) is 6.54 Å². The van der Waals surface area contributed by atoms with E-state index in [4.69, 9.17) is 5.26 Å². The summed E-state index contributed by atoms with van der Waals surface area (Å²) in [4.78, 5) is 2.57. The largest absolute Gasteiger partial charge is 0.384 e. The lowest BCUT2D eigenvalue weighted by atomic mass is 10.2. The van der Waals surface area contributed by atoms with Gasteiger partial charge in [-0.2, -0.15) is 5.26 Å². The van der Waals surface area contributed by atoms with Crippen molar-refractivity contribution in [1.82, 2.24) is 4.90 Å². The molecule has 1 N–H and O–H groups in total. The highest BCUT2D eigenvalue weighted by Crippen LogP contribution is 2.13. The van der Waals surface area contributed by atoms with Gasteiger partial charge in [-0.05, 0) is 51.0 Å². The Bertz CT molecular complexity index is 415. The zero-order valence-electron chi connectivity index (χ0n) is 13.6. The van der Waals surface area contributed by atoms with Crippen LogP contribution in [0.1, 0.15) is 51.5 Å². The van der Waals surface area contributed by atoms with Crippen LogP contribution in [0.25, 0.3) is 0 Å². The van der Waals surface area contributed by atoms with Crippen molar-refractivity contribution in [2.45, 2.75) is 46.0 Å². The molecule has 3 heteroatoms. The molecular weight excluding hydrogens is 258 g/mol. The maximum Gasteiger partial charge on any atom is 0.101 e. The molecule has 0 bridgehead atoms. The predicted octanol–water partition coefficient (Wildman–Crippen LogP) is 4.26. The van der Waals surface area contributed by atoms with E-state index < -0.39 is 0 Å². The Balaban J connectivity index is 2.31. The molecule has 0 fully saturated rings. The molecule has 0 unspecified atom stereocenters. The highest BCUT2D eigenvalue weighted by molar-refractivity contribution is 5.56. The third-order valence-electron chi connectivity index (χ3n) is 3.67. The fraction of sp³-hybridized carbons (Fsp3) is 0.611. The maximum atomic E-state index is 9.06. The van der Waals surface area contributed by atoms with Crippen molar-refractivity contribution >= 4 is 5.69 Å². The van der Waals surface area contributed by atoms with Crippen molar-refractivity contribution in [3.8, 4) is 6.07 Å². The van der Waals surface area contributed by atoms with Crippen molar-refractivity contribution in [2.75, 3.05) is 31.5 Å². The first-order chi connectivity index (χ1) is 10.3. The predicted molar refractivity (Wildman–Crippen MR) is 90.5 cm³/mol. The van der Waals surface area contributed by atoms with Crippen LogP contribution in [0.15, 0.2) is 24.3 Å². The summed E-state index contributed by atoms with van der Waals surface area (Å²) in [6.45, 7) is 8.99. The SMILES string of the molecule is CCCCN(CCCC)CCCNc1ccccc1C#N. The molecule has 0 aliphatic rings. The van der Waals surface area contributed by atoms with E-state index in [0.717, 1.165) is 30.8 Å². The van der Waals surface area contributed by atoms with E-state index in [1.54, 1.807) is 0 Å². The Morgan fingerprint density at radius 1 is 1.00 bits per heavy atom. The number of nitriles is 1. The van der Waals surface area contributed by atoms with Crippen LogP contribution in [-0.4, -0.2) is 31.1 Å². The van der Waals surface area contributed by atoms with Crippen LogP contribution < -0.4 is 5.32 Å². The van der Waals surface area contributed by atoms with Crippen molar-refractivity contribution < 1.29 is 0 Å². The van der Waals surface area contributed by atoms with Crippen molar-refractivity contribution in [1.29, 1.82) is 5.26 Å². The van der Waals surface area contributed by atoms with Gasteiger partial charge in [0.05, 0.1) is 11.3 Å². The third kappa shape index (κ3) is 7.15. The molecule has 1 rings (SSSR count). The Morgan fingerprint density at radius 3 is 2.24 bits per heavy atom. The van der Waals surface area contributed by atoms with Gasteiger partial charge in [-0.15, -0.1) is 0 Å². The lowest BCUT2D eigenvalue weighted by Gasteiger charge is -2.22. The first-order valence-electron chi connectivity index (χ1n) is 8.27. The van der Waals surface area contributed by atoms with Crippen molar-refractivity contribution in [3.63, 3.8) is 0 Å². The number of rotatable bonds is 11. The molecule has 0 atom stereocenters. The van der Waals surface area contributed by atoms with E-state index in [1.165, 1.54) is 38.8 Å². The molecule has 1 aromatic carbocycles. The van der Waals surface area contributed by atoms with Gasteiger partial charge >= 0.3 is 0 Å². The summed E-state index contributed by atoms with van der Waals surface area (Å²) in [7, 11) is 0. The summed E-state index contributed by atoms with van der Waals surface area (Å²) in [6, 6.07) is 9.94. The van der Waals surface area contributed by atoms with Gasteiger partial charge in [0.15, 0.2) is 0 Å². The van der Waals surface area contributed by atoms with Crippen LogP contribution in [0.5, 0.6) is 0 Å². The minimum atomic E-state index is 0.728. The van der Waals surface area contributed by atoms with Gasteiger partial charge in [-0.25, -0.2) is 0 Å². The molecule has 21 heavy (non-hydrogen) atoms. The number of hydrogen-bond donors (Lipinski definition) is 1. The number of benzene rings is 1. The average molecular weight is 287 g/mol. The second-order valence-corrected chi connectivity index (χ2v) is 5.49. The molecule has 1 aromatic rings. The van der Waals surface area contributed by atoms with E-state index >= 15 is 0 Å². The van der Waals surface area contributed by atoms with Gasteiger partial charge < -0.3 is 10.2 Å². The Kier molecular flexibility index (Phi) is 9.32. The Labute approximate surface area is 130 Å². The molecule has 0 spiro atoms. The third-order valence-corrected chi connectivity index (χ3v) is 3.67. The number of para-hydroxylation sites is 1. The second-order valence-electron chi connectivity index (χ2n) is 5.49. The summed E-state index contributed by atoms with van der Waals surface area (Å²) in [5.74, 6) is 0. The molecule has 3 nitrogen and oxygen atoms in total. The van der Waals surface area contributed by atoms with Crippen LogP contribution in [-0.2, 0) is 0 Å². The van der Waals surface area contributed by atoms with E-state index in [2.05, 4.69) is 30.1 Å². The second kappa shape index (κ2) is 11.2. The maximum absolute atomic E-state index is 9.06. The molecule has 0 aliphatic carbocycles. The van der Waals surface area contributed by atoms with E-state index in [-0.39, 0.29) is 0 Å².